The van der Waals surface area contributed by atoms with Crippen LogP contribution in [0.3, 0.4) is 0 Å². The Balaban J connectivity index is 1.80. The number of hydrogen-bond donors (Lipinski definition) is 1. The molecule has 0 amide bonds. The van der Waals surface area contributed by atoms with E-state index in [0.29, 0.717) is 22.2 Å². The molecule has 0 unspecified atom stereocenters. The van der Waals surface area contributed by atoms with Crippen molar-refractivity contribution in [3.05, 3.63) is 51.0 Å². The van der Waals surface area contributed by atoms with Gasteiger partial charge >= 0.3 is 0 Å². The number of anilines is 1. The maximum Gasteiger partial charge on any atom is 0.231 e. The van der Waals surface area contributed by atoms with Crippen molar-refractivity contribution in [2.75, 3.05) is 12.2 Å². The summed E-state index contributed by atoms with van der Waals surface area (Å²) in [5.74, 6) is 0.00512. The van der Waals surface area contributed by atoms with Crippen molar-refractivity contribution in [2.24, 2.45) is 5.10 Å². The molecular weight excluding hydrogens is 388 g/mol. The Morgan fingerprint density at radius 3 is 2.78 bits per heavy atom. The summed E-state index contributed by atoms with van der Waals surface area (Å²) in [5.41, 5.74) is 3.84. The minimum Gasteiger partial charge on any atom is -0.545 e. The highest BCUT2D eigenvalue weighted by molar-refractivity contribution is 9.10. The second-order valence-electron chi connectivity index (χ2n) is 4.58. The SMILES string of the molecule is O=C([O-])c1ccc(Cl)c(N/N=C\c2cc3c(cc2Br)OCO3)c1. The van der Waals surface area contributed by atoms with Crippen LogP contribution in [0.4, 0.5) is 5.69 Å². The number of rotatable bonds is 4. The molecule has 23 heavy (non-hydrogen) atoms. The van der Waals surface area contributed by atoms with Crippen molar-refractivity contribution in [2.45, 2.75) is 0 Å². The molecule has 2 aromatic carbocycles. The van der Waals surface area contributed by atoms with Gasteiger partial charge in [-0.1, -0.05) is 17.7 Å². The first-order valence-electron chi connectivity index (χ1n) is 6.44. The largest absolute Gasteiger partial charge is 0.545 e. The van der Waals surface area contributed by atoms with Crippen LogP contribution in [0, 0.1) is 0 Å². The van der Waals surface area contributed by atoms with Crippen molar-refractivity contribution in [3.8, 4) is 11.5 Å². The van der Waals surface area contributed by atoms with Gasteiger partial charge in [-0.25, -0.2) is 0 Å². The Bertz CT molecular complexity index is 810. The number of carbonyl (C=O) groups excluding carboxylic acids is 1. The van der Waals surface area contributed by atoms with Crippen molar-refractivity contribution < 1.29 is 19.4 Å². The normalized spacial score (nSPS) is 12.6. The van der Waals surface area contributed by atoms with Crippen LogP contribution < -0.4 is 20.0 Å². The molecule has 0 aliphatic carbocycles. The average Bonchev–Trinajstić information content (AvgIpc) is 2.96. The van der Waals surface area contributed by atoms with Gasteiger partial charge < -0.3 is 19.4 Å². The van der Waals surface area contributed by atoms with E-state index in [1.54, 1.807) is 18.3 Å². The van der Waals surface area contributed by atoms with Gasteiger partial charge in [0, 0.05) is 10.0 Å². The van der Waals surface area contributed by atoms with Crippen molar-refractivity contribution in [3.63, 3.8) is 0 Å². The lowest BCUT2D eigenvalue weighted by Crippen LogP contribution is -2.22. The summed E-state index contributed by atoms with van der Waals surface area (Å²) in [4.78, 5) is 10.9. The quantitative estimate of drug-likeness (QED) is 0.634. The topological polar surface area (TPSA) is 83.0 Å². The molecule has 0 aromatic heterocycles. The summed E-state index contributed by atoms with van der Waals surface area (Å²) in [6.07, 6.45) is 1.55. The molecule has 6 nitrogen and oxygen atoms in total. The standard InChI is InChI=1S/C15H10BrClN2O4/c16-10-5-14-13(22-7-23-14)4-9(10)6-18-19-12-3-8(15(20)21)1-2-11(12)17/h1-6,19H,7H2,(H,20,21)/p-1/b18-6-. The second-order valence-corrected chi connectivity index (χ2v) is 5.84. The number of ether oxygens (including phenoxy) is 2. The predicted octanol–water partition coefficient (Wildman–Crippen LogP) is 2.64. The van der Waals surface area contributed by atoms with E-state index < -0.39 is 5.97 Å². The Morgan fingerprint density at radius 1 is 1.30 bits per heavy atom. The summed E-state index contributed by atoms with van der Waals surface area (Å²) >= 11 is 9.41. The number of carboxylic acids is 1. The van der Waals surface area contributed by atoms with Crippen molar-refractivity contribution >= 4 is 45.4 Å². The lowest BCUT2D eigenvalue weighted by atomic mass is 10.2. The molecule has 1 heterocycles. The zero-order chi connectivity index (χ0) is 16.4. The summed E-state index contributed by atoms with van der Waals surface area (Å²) in [7, 11) is 0. The number of nitrogens with one attached hydrogen (secondary N) is 1. The first-order valence-corrected chi connectivity index (χ1v) is 7.61. The maximum atomic E-state index is 10.9. The number of halogens is 2. The number of hydrazone groups is 1. The fraction of sp³-hybridized carbons (Fsp3) is 0.0667. The fourth-order valence-corrected chi connectivity index (χ4v) is 2.53. The molecule has 1 aliphatic rings. The number of hydrogen-bond acceptors (Lipinski definition) is 6. The molecule has 0 saturated heterocycles. The van der Waals surface area contributed by atoms with Gasteiger partial charge in [0.25, 0.3) is 0 Å². The van der Waals surface area contributed by atoms with Crippen LogP contribution in [0.1, 0.15) is 15.9 Å². The molecule has 0 saturated carbocycles. The van der Waals surface area contributed by atoms with Gasteiger partial charge in [-0.05, 0) is 45.8 Å². The molecule has 0 fully saturated rings. The van der Waals surface area contributed by atoms with Crippen LogP contribution >= 0.6 is 27.5 Å². The highest BCUT2D eigenvalue weighted by atomic mass is 79.9. The van der Waals surface area contributed by atoms with Crippen LogP contribution in [-0.2, 0) is 0 Å². The van der Waals surface area contributed by atoms with E-state index in [4.69, 9.17) is 21.1 Å². The van der Waals surface area contributed by atoms with Gasteiger partial charge in [-0.3, -0.25) is 5.43 Å². The molecule has 0 atom stereocenters. The number of carboxylic acid groups (broad SMARTS) is 1. The number of benzene rings is 2. The molecule has 0 radical (unpaired) electrons. The molecule has 0 spiro atoms. The average molecular weight is 397 g/mol. The zero-order valence-electron chi connectivity index (χ0n) is 11.5. The first kappa shape index (κ1) is 15.6. The Morgan fingerprint density at radius 2 is 2.04 bits per heavy atom. The monoisotopic (exact) mass is 395 g/mol. The van der Waals surface area contributed by atoms with Gasteiger partial charge in [0.05, 0.1) is 22.9 Å². The third kappa shape index (κ3) is 3.40. The third-order valence-electron chi connectivity index (χ3n) is 3.08. The number of nitrogens with zero attached hydrogens (tertiary/aromatic N) is 1. The van der Waals surface area contributed by atoms with E-state index in [1.165, 1.54) is 18.2 Å². The Hall–Kier alpha value is -2.25. The van der Waals surface area contributed by atoms with E-state index in [-0.39, 0.29) is 12.4 Å². The molecule has 1 aliphatic heterocycles. The predicted molar refractivity (Wildman–Crippen MR) is 87.3 cm³/mol. The smallest absolute Gasteiger partial charge is 0.231 e. The summed E-state index contributed by atoms with van der Waals surface area (Å²) in [6.45, 7) is 0.187. The minimum absolute atomic E-state index is 0.0105. The molecule has 2 aromatic rings. The van der Waals surface area contributed by atoms with E-state index in [9.17, 15) is 9.90 Å². The van der Waals surface area contributed by atoms with Crippen molar-refractivity contribution in [1.82, 2.24) is 0 Å². The zero-order valence-corrected chi connectivity index (χ0v) is 13.8. The van der Waals surface area contributed by atoms with Gasteiger partial charge in [0.15, 0.2) is 11.5 Å². The number of carbonyl (C=O) groups is 1. The van der Waals surface area contributed by atoms with Gasteiger partial charge in [0.1, 0.15) is 0 Å². The van der Waals surface area contributed by atoms with Gasteiger partial charge in [-0.2, -0.15) is 5.10 Å². The number of aromatic carboxylic acids is 1. The fourth-order valence-electron chi connectivity index (χ4n) is 1.94. The highest BCUT2D eigenvalue weighted by Gasteiger charge is 2.15. The number of fused-ring (bicyclic) bond motifs is 1. The molecular formula is C15H9BrClN2O4-. The highest BCUT2D eigenvalue weighted by Crippen LogP contribution is 2.36. The van der Waals surface area contributed by atoms with Crippen LogP contribution in [-0.4, -0.2) is 19.0 Å². The maximum absolute atomic E-state index is 10.9. The van der Waals surface area contributed by atoms with Crippen LogP contribution in [0.5, 0.6) is 11.5 Å². The summed E-state index contributed by atoms with van der Waals surface area (Å²) < 4.78 is 11.3. The van der Waals surface area contributed by atoms with Gasteiger partial charge in [0.2, 0.25) is 6.79 Å². The molecule has 8 heteroatoms. The van der Waals surface area contributed by atoms with Crippen LogP contribution in [0.2, 0.25) is 5.02 Å². The molecule has 3 rings (SSSR count). The van der Waals surface area contributed by atoms with E-state index in [0.717, 1.165) is 10.0 Å². The third-order valence-corrected chi connectivity index (χ3v) is 4.10. The molecule has 118 valence electrons. The van der Waals surface area contributed by atoms with Crippen molar-refractivity contribution in [1.29, 1.82) is 0 Å². The Kier molecular flexibility index (Phi) is 4.40. The minimum atomic E-state index is -1.28. The van der Waals surface area contributed by atoms with E-state index in [2.05, 4.69) is 26.5 Å². The van der Waals surface area contributed by atoms with Crippen LogP contribution in [0.25, 0.3) is 0 Å². The lowest BCUT2D eigenvalue weighted by molar-refractivity contribution is -0.255. The molecule has 0 bridgehead atoms. The Labute approximate surface area is 144 Å². The lowest BCUT2D eigenvalue weighted by Gasteiger charge is -2.07. The molecule has 1 N–H and O–H groups in total. The first-order chi connectivity index (χ1) is 11.0. The second kappa shape index (κ2) is 6.47. The summed E-state index contributed by atoms with van der Waals surface area (Å²) in [5, 5.41) is 15.3. The van der Waals surface area contributed by atoms with Crippen LogP contribution in [0.15, 0.2) is 39.9 Å². The summed E-state index contributed by atoms with van der Waals surface area (Å²) in [6, 6.07) is 7.73. The van der Waals surface area contributed by atoms with Gasteiger partial charge in [-0.15, -0.1) is 0 Å². The van der Waals surface area contributed by atoms with E-state index >= 15 is 0 Å². The van der Waals surface area contributed by atoms with E-state index in [1.807, 2.05) is 0 Å².